The number of ether oxygens (including phenoxy) is 1. The fourth-order valence-electron chi connectivity index (χ4n) is 3.95. The first-order valence-corrected chi connectivity index (χ1v) is 10.9. The highest BCUT2D eigenvalue weighted by molar-refractivity contribution is 6.00. The minimum atomic E-state index is -0.271. The van der Waals surface area contributed by atoms with Crippen LogP contribution in [0.2, 0.25) is 0 Å². The Morgan fingerprint density at radius 1 is 1.21 bits per heavy atom. The van der Waals surface area contributed by atoms with Crippen LogP contribution in [-0.4, -0.2) is 56.4 Å². The summed E-state index contributed by atoms with van der Waals surface area (Å²) in [5, 5.41) is 13.5. The van der Waals surface area contributed by atoms with Gasteiger partial charge in [-0.05, 0) is 37.1 Å². The first-order valence-electron chi connectivity index (χ1n) is 10.9. The molecule has 0 saturated heterocycles. The number of carbonyl (C=O) groups excluding carboxylic acids is 1. The Labute approximate surface area is 194 Å². The van der Waals surface area contributed by atoms with Gasteiger partial charge in [0, 0.05) is 32.6 Å². The lowest BCUT2D eigenvalue weighted by Gasteiger charge is -2.35. The van der Waals surface area contributed by atoms with Crippen LogP contribution in [0, 0.1) is 0 Å². The van der Waals surface area contributed by atoms with Gasteiger partial charge in [-0.25, -0.2) is 4.98 Å². The van der Waals surface area contributed by atoms with Crippen molar-refractivity contribution in [3.8, 4) is 5.69 Å². The Bertz CT molecular complexity index is 1400. The number of hydrogen-bond acceptors (Lipinski definition) is 8. The zero-order chi connectivity index (χ0) is 23.7. The molecule has 1 amide bonds. The highest BCUT2D eigenvalue weighted by atomic mass is 16.5. The molecule has 1 saturated carbocycles. The van der Waals surface area contributed by atoms with Gasteiger partial charge >= 0.3 is 0 Å². The van der Waals surface area contributed by atoms with Crippen molar-refractivity contribution in [1.29, 1.82) is 0 Å². The van der Waals surface area contributed by atoms with Crippen LogP contribution < -0.4 is 21.5 Å². The molecular formula is C23H24N8O3. The number of pyridine rings is 2. The second kappa shape index (κ2) is 8.94. The summed E-state index contributed by atoms with van der Waals surface area (Å²) in [5.74, 6) is 0.728. The van der Waals surface area contributed by atoms with Crippen LogP contribution in [0.4, 0.5) is 17.3 Å². The lowest BCUT2D eigenvalue weighted by molar-refractivity contribution is 0.00732. The predicted octanol–water partition coefficient (Wildman–Crippen LogP) is 1.97. The van der Waals surface area contributed by atoms with E-state index in [0.717, 1.165) is 12.8 Å². The van der Waals surface area contributed by atoms with Crippen LogP contribution in [0.25, 0.3) is 11.3 Å². The molecule has 174 valence electrons. The molecule has 4 heterocycles. The van der Waals surface area contributed by atoms with Crippen LogP contribution in [0.5, 0.6) is 0 Å². The summed E-state index contributed by atoms with van der Waals surface area (Å²) < 4.78 is 8.42. The second-order valence-corrected chi connectivity index (χ2v) is 7.93. The number of methoxy groups -OCH3 is 1. The van der Waals surface area contributed by atoms with Crippen molar-refractivity contribution in [2.45, 2.75) is 25.0 Å². The van der Waals surface area contributed by atoms with E-state index in [1.807, 2.05) is 0 Å². The summed E-state index contributed by atoms with van der Waals surface area (Å²) in [4.78, 5) is 34.7. The van der Waals surface area contributed by atoms with Gasteiger partial charge in [-0.1, -0.05) is 0 Å². The molecule has 1 aliphatic rings. The number of nitrogens with zero attached hydrogens (tertiary/aromatic N) is 5. The van der Waals surface area contributed by atoms with Crippen molar-refractivity contribution in [2.75, 3.05) is 24.8 Å². The van der Waals surface area contributed by atoms with Crippen LogP contribution in [0.15, 0.2) is 59.9 Å². The minimum absolute atomic E-state index is 0.0175. The Kier molecular flexibility index (Phi) is 5.68. The summed E-state index contributed by atoms with van der Waals surface area (Å²) in [6, 6.07) is 8.68. The number of aromatic nitrogens is 5. The Balaban J connectivity index is 1.48. The Hall–Kier alpha value is -4.25. The smallest absolute Gasteiger partial charge is 0.278 e. The average Bonchev–Trinajstić information content (AvgIpc) is 3.27. The normalized spacial score (nSPS) is 17.2. The van der Waals surface area contributed by atoms with E-state index in [-0.39, 0.29) is 23.6 Å². The molecule has 1 fully saturated rings. The second-order valence-electron chi connectivity index (χ2n) is 7.93. The molecule has 0 aromatic carbocycles. The predicted molar refractivity (Wildman–Crippen MR) is 127 cm³/mol. The van der Waals surface area contributed by atoms with E-state index in [2.05, 4.69) is 31.0 Å². The van der Waals surface area contributed by atoms with E-state index in [1.165, 1.54) is 10.8 Å². The van der Waals surface area contributed by atoms with Gasteiger partial charge in [-0.15, -0.1) is 0 Å². The third kappa shape index (κ3) is 3.86. The van der Waals surface area contributed by atoms with Crippen LogP contribution in [-0.2, 0) is 4.74 Å². The zero-order valence-corrected chi connectivity index (χ0v) is 18.7. The van der Waals surface area contributed by atoms with Gasteiger partial charge in [0.2, 0.25) is 0 Å². The van der Waals surface area contributed by atoms with Crippen molar-refractivity contribution in [1.82, 2.24) is 29.5 Å². The number of rotatable bonds is 7. The van der Waals surface area contributed by atoms with Crippen molar-refractivity contribution in [2.24, 2.45) is 0 Å². The molecule has 5 rings (SSSR count). The highest BCUT2D eigenvalue weighted by Gasteiger charge is 2.33. The molecule has 0 radical (unpaired) electrons. The SMILES string of the molecule is CNc1cc(Nc2cccn(-c3cccnc3)c2=O)nc2c(C(=O)N[C@@H]3CC[C@H]3OC)cnn12. The largest absolute Gasteiger partial charge is 0.379 e. The Morgan fingerprint density at radius 3 is 2.79 bits per heavy atom. The highest BCUT2D eigenvalue weighted by Crippen LogP contribution is 2.24. The van der Waals surface area contributed by atoms with Crippen molar-refractivity contribution in [3.63, 3.8) is 0 Å². The quantitative estimate of drug-likeness (QED) is 0.382. The summed E-state index contributed by atoms with van der Waals surface area (Å²) >= 11 is 0. The van der Waals surface area contributed by atoms with Gasteiger partial charge in [0.25, 0.3) is 11.5 Å². The van der Waals surface area contributed by atoms with E-state index in [0.29, 0.717) is 34.2 Å². The van der Waals surface area contributed by atoms with Gasteiger partial charge in [-0.2, -0.15) is 9.61 Å². The number of nitrogens with one attached hydrogen (secondary N) is 3. The molecule has 4 aromatic heterocycles. The lowest BCUT2D eigenvalue weighted by atomic mass is 9.89. The third-order valence-corrected chi connectivity index (χ3v) is 5.94. The maximum absolute atomic E-state index is 13.1. The van der Waals surface area contributed by atoms with E-state index < -0.39 is 0 Å². The molecule has 11 nitrogen and oxygen atoms in total. The molecular weight excluding hydrogens is 436 g/mol. The first kappa shape index (κ1) is 21.6. The minimum Gasteiger partial charge on any atom is -0.379 e. The maximum atomic E-state index is 13.1. The fourth-order valence-corrected chi connectivity index (χ4v) is 3.95. The number of hydrogen-bond donors (Lipinski definition) is 3. The maximum Gasteiger partial charge on any atom is 0.278 e. The molecule has 0 bridgehead atoms. The molecule has 11 heteroatoms. The molecule has 0 spiro atoms. The van der Waals surface area contributed by atoms with Crippen LogP contribution >= 0.6 is 0 Å². The summed E-state index contributed by atoms with van der Waals surface area (Å²) in [5.41, 5.74) is 1.42. The molecule has 2 atom stereocenters. The fraction of sp³-hybridized carbons (Fsp3) is 0.261. The average molecular weight is 460 g/mol. The first-order chi connectivity index (χ1) is 16.6. The molecule has 3 N–H and O–H groups in total. The van der Waals surface area contributed by atoms with Crippen molar-refractivity contribution in [3.05, 3.63) is 71.0 Å². The number of anilines is 3. The van der Waals surface area contributed by atoms with Crippen molar-refractivity contribution < 1.29 is 9.53 Å². The van der Waals surface area contributed by atoms with E-state index >= 15 is 0 Å². The van der Waals surface area contributed by atoms with E-state index in [1.54, 1.807) is 67.6 Å². The summed E-state index contributed by atoms with van der Waals surface area (Å²) in [6.07, 6.45) is 8.22. The number of amides is 1. The van der Waals surface area contributed by atoms with Gasteiger partial charge < -0.3 is 20.7 Å². The topological polar surface area (TPSA) is 127 Å². The summed E-state index contributed by atoms with van der Waals surface area (Å²) in [6.45, 7) is 0. The molecule has 0 aliphatic heterocycles. The van der Waals surface area contributed by atoms with E-state index in [9.17, 15) is 9.59 Å². The van der Waals surface area contributed by atoms with Crippen molar-refractivity contribution >= 4 is 28.9 Å². The monoisotopic (exact) mass is 460 g/mol. The molecule has 1 aliphatic carbocycles. The van der Waals surface area contributed by atoms with Crippen LogP contribution in [0.3, 0.4) is 0 Å². The molecule has 4 aromatic rings. The van der Waals surface area contributed by atoms with Gasteiger partial charge in [0.1, 0.15) is 22.9 Å². The number of carbonyl (C=O) groups is 1. The third-order valence-electron chi connectivity index (χ3n) is 5.94. The zero-order valence-electron chi connectivity index (χ0n) is 18.7. The summed E-state index contributed by atoms with van der Waals surface area (Å²) in [7, 11) is 3.39. The van der Waals surface area contributed by atoms with E-state index in [4.69, 9.17) is 4.74 Å². The van der Waals surface area contributed by atoms with Gasteiger partial charge in [-0.3, -0.25) is 19.1 Å². The molecule has 34 heavy (non-hydrogen) atoms. The van der Waals surface area contributed by atoms with Crippen LogP contribution in [0.1, 0.15) is 23.2 Å². The van der Waals surface area contributed by atoms with Gasteiger partial charge in [0.05, 0.1) is 30.2 Å². The molecule has 0 unspecified atom stereocenters. The lowest BCUT2D eigenvalue weighted by Crippen LogP contribution is -2.51. The number of fused-ring (bicyclic) bond motifs is 1. The van der Waals surface area contributed by atoms with Gasteiger partial charge in [0.15, 0.2) is 5.65 Å². The Morgan fingerprint density at radius 2 is 2.09 bits per heavy atom. The standard InChI is InChI=1S/C23H24N8O3/c1-24-20-11-19(27-17-6-4-10-30(23(17)33)14-5-3-9-25-12-14)29-21-15(13-26-31(20)21)22(32)28-16-7-8-18(16)34-2/h3-6,9-13,16,18,24H,7-8H2,1-2H3,(H,27,29)(H,28,32)/t16-,18-/m1/s1.